The van der Waals surface area contributed by atoms with Gasteiger partial charge in [-0.3, -0.25) is 0 Å². The first-order chi connectivity index (χ1) is 25.9. The summed E-state index contributed by atoms with van der Waals surface area (Å²) >= 11 is 0. The van der Waals surface area contributed by atoms with Crippen LogP contribution >= 0.6 is 0 Å². The average molecular weight is 807 g/mol. The molecule has 0 aromatic heterocycles. The number of hydrogen-bond donors (Lipinski definition) is 8. The fourth-order valence-corrected chi connectivity index (χ4v) is 5.72. The summed E-state index contributed by atoms with van der Waals surface area (Å²) in [5.41, 5.74) is 0. The third kappa shape index (κ3) is 19.2. The molecule has 0 spiro atoms. The first-order valence-corrected chi connectivity index (χ1v) is 19.1. The maximum absolute atomic E-state index is 10.3. The van der Waals surface area contributed by atoms with Gasteiger partial charge in [0.05, 0.1) is 115 Å². The molecule has 18 atom stereocenters. The Morgan fingerprint density at radius 3 is 1.04 bits per heavy atom. The topological polar surface area (TPSA) is 263 Å². The quantitative estimate of drug-likeness (QED) is 0.0419. The zero-order valence-corrected chi connectivity index (χ0v) is 33.5. The molecule has 2 aliphatic rings. The number of aliphatic hydroxyl groups is 8. The summed E-state index contributed by atoms with van der Waals surface area (Å²) in [4.78, 5) is 0. The van der Waals surface area contributed by atoms with Gasteiger partial charge in [-0.05, 0) is 55.4 Å². The largest absolute Gasteiger partial charge is 0.391 e. The van der Waals surface area contributed by atoms with Crippen LogP contribution in [0, 0.1) is 0 Å². The van der Waals surface area contributed by atoms with Crippen LogP contribution in [-0.2, 0) is 52.1 Å². The molecule has 328 valence electrons. The van der Waals surface area contributed by atoms with Gasteiger partial charge in [0.15, 0.2) is 12.6 Å². The summed E-state index contributed by atoms with van der Waals surface area (Å²) in [7, 11) is 0. The van der Waals surface area contributed by atoms with E-state index >= 15 is 0 Å². The summed E-state index contributed by atoms with van der Waals surface area (Å²) in [6, 6.07) is 0. The summed E-state index contributed by atoms with van der Waals surface area (Å²) in [6.07, 6.45) is -18.5. The van der Waals surface area contributed by atoms with Gasteiger partial charge in [-0.15, -0.1) is 0 Å². The molecule has 19 nitrogen and oxygen atoms in total. The molecule has 8 N–H and O–H groups in total. The number of aliphatic hydroxyl groups excluding tert-OH is 8. The van der Waals surface area contributed by atoms with E-state index < -0.39 is 110 Å². The molecular formula is C36H70O19. The minimum Gasteiger partial charge on any atom is -0.391 e. The van der Waals surface area contributed by atoms with Crippen molar-refractivity contribution in [2.75, 3.05) is 66.1 Å². The highest BCUT2D eigenvalue weighted by Crippen LogP contribution is 2.35. The van der Waals surface area contributed by atoms with Crippen LogP contribution < -0.4 is 0 Å². The molecule has 2 heterocycles. The van der Waals surface area contributed by atoms with Crippen LogP contribution in [0.4, 0.5) is 0 Å². The molecule has 8 unspecified atom stereocenters. The SMILES string of the molecule is CC(O)COC[C@H]1O[C@@H](O[C@H]2[C@H](OCC(C)O)[C@H](OCC(C)O)[C@H](OCC(C)O)O[C@@H]2COCC(C)O)[C@H](OCC(C)O)[C@@H](OCC(C)O)[C@H]1OCC(C)O. The van der Waals surface area contributed by atoms with Gasteiger partial charge in [-0.2, -0.15) is 0 Å². The minimum atomic E-state index is -1.39. The van der Waals surface area contributed by atoms with Crippen molar-refractivity contribution in [1.82, 2.24) is 0 Å². The Labute approximate surface area is 324 Å². The normalized spacial score (nSPS) is 33.4. The van der Waals surface area contributed by atoms with Crippen molar-refractivity contribution in [3.05, 3.63) is 0 Å². The number of rotatable bonds is 28. The maximum atomic E-state index is 10.3. The third-order valence-corrected chi connectivity index (χ3v) is 7.91. The fourth-order valence-electron chi connectivity index (χ4n) is 5.72. The molecule has 2 aliphatic heterocycles. The highest BCUT2D eigenvalue weighted by atomic mass is 16.8. The van der Waals surface area contributed by atoms with Crippen molar-refractivity contribution in [3.8, 4) is 0 Å². The maximum Gasteiger partial charge on any atom is 0.187 e. The van der Waals surface area contributed by atoms with Gasteiger partial charge < -0.3 is 93.0 Å². The average Bonchev–Trinajstić information content (AvgIpc) is 3.07. The number of hydrogen-bond acceptors (Lipinski definition) is 19. The summed E-state index contributed by atoms with van der Waals surface area (Å²) in [5, 5.41) is 81.2. The highest BCUT2D eigenvalue weighted by molar-refractivity contribution is 4.98. The van der Waals surface area contributed by atoms with E-state index in [1.54, 1.807) is 13.8 Å². The van der Waals surface area contributed by atoms with Gasteiger partial charge in [0.2, 0.25) is 0 Å². The number of ether oxygens (including phenoxy) is 11. The lowest BCUT2D eigenvalue weighted by Gasteiger charge is -2.50. The molecule has 0 aliphatic carbocycles. The molecule has 2 rings (SSSR count). The Balaban J connectivity index is 2.73. The van der Waals surface area contributed by atoms with Gasteiger partial charge in [0.25, 0.3) is 0 Å². The summed E-state index contributed by atoms with van der Waals surface area (Å²) < 4.78 is 68.1. The molecule has 0 saturated carbocycles. The zero-order valence-electron chi connectivity index (χ0n) is 33.5. The second-order valence-electron chi connectivity index (χ2n) is 14.9. The van der Waals surface area contributed by atoms with E-state index in [2.05, 4.69) is 0 Å². The lowest BCUT2D eigenvalue weighted by molar-refractivity contribution is -0.377. The molecule has 55 heavy (non-hydrogen) atoms. The van der Waals surface area contributed by atoms with E-state index in [0.717, 1.165) is 0 Å². The smallest absolute Gasteiger partial charge is 0.187 e. The Morgan fingerprint density at radius 2 is 0.636 bits per heavy atom. The molecule has 0 aromatic rings. The molecule has 0 amide bonds. The van der Waals surface area contributed by atoms with E-state index in [1.165, 1.54) is 41.5 Å². The highest BCUT2D eigenvalue weighted by Gasteiger charge is 2.55. The Kier molecular flexibility index (Phi) is 24.1. The van der Waals surface area contributed by atoms with Crippen molar-refractivity contribution in [3.63, 3.8) is 0 Å². The van der Waals surface area contributed by atoms with Crippen LogP contribution in [-0.4, -0.2) is 217 Å². The molecule has 2 saturated heterocycles. The molecule has 0 bridgehead atoms. The van der Waals surface area contributed by atoms with Crippen LogP contribution in [0.25, 0.3) is 0 Å². The minimum absolute atomic E-state index is 0.0553. The van der Waals surface area contributed by atoms with E-state index in [-0.39, 0.29) is 66.1 Å². The molecular weight excluding hydrogens is 736 g/mol. The van der Waals surface area contributed by atoms with Crippen LogP contribution in [0.1, 0.15) is 55.4 Å². The second-order valence-corrected chi connectivity index (χ2v) is 14.9. The molecule has 0 radical (unpaired) electrons. The third-order valence-electron chi connectivity index (χ3n) is 7.91. The predicted molar refractivity (Wildman–Crippen MR) is 192 cm³/mol. The molecule has 19 heteroatoms. The predicted octanol–water partition coefficient (Wildman–Crippen LogP) is -2.16. The van der Waals surface area contributed by atoms with Gasteiger partial charge in [0, 0.05) is 0 Å². The van der Waals surface area contributed by atoms with Gasteiger partial charge >= 0.3 is 0 Å². The van der Waals surface area contributed by atoms with Crippen LogP contribution in [0.5, 0.6) is 0 Å². The van der Waals surface area contributed by atoms with E-state index in [4.69, 9.17) is 52.1 Å². The first-order valence-electron chi connectivity index (χ1n) is 19.1. The van der Waals surface area contributed by atoms with Crippen LogP contribution in [0.3, 0.4) is 0 Å². The summed E-state index contributed by atoms with van der Waals surface area (Å²) in [5.74, 6) is 0. The van der Waals surface area contributed by atoms with E-state index in [9.17, 15) is 40.9 Å². The van der Waals surface area contributed by atoms with E-state index in [0.29, 0.717) is 0 Å². The van der Waals surface area contributed by atoms with Gasteiger partial charge in [-0.25, -0.2) is 0 Å². The molecule has 2 fully saturated rings. The molecule has 0 aromatic carbocycles. The standard InChI is InChI=1S/C36H70O19/c1-19(37)9-45-17-27-29(47-11-21(3)39)31(48-12-22(4)40)34(51-15-25(7)43)36(54-27)55-30-28(18-46-10-20(2)38)53-35(52-16-26(8)44)33(50-14-24(6)42)32(30)49-13-23(5)41/h19-44H,9-18H2,1-8H3/t19?,20?,21?,22?,23?,24?,25?,26?,27-,28-,29+,30-,31+,32+,33+,34-,35-,36+/m1/s1. The van der Waals surface area contributed by atoms with Crippen molar-refractivity contribution >= 4 is 0 Å². The van der Waals surface area contributed by atoms with Gasteiger partial charge in [-0.1, -0.05) is 0 Å². The monoisotopic (exact) mass is 806 g/mol. The first kappa shape index (κ1) is 50.4. The van der Waals surface area contributed by atoms with Crippen LogP contribution in [0.15, 0.2) is 0 Å². The van der Waals surface area contributed by atoms with Crippen molar-refractivity contribution in [2.24, 2.45) is 0 Å². The Bertz CT molecular complexity index is 969. The van der Waals surface area contributed by atoms with E-state index in [1.807, 2.05) is 0 Å². The lowest BCUT2D eigenvalue weighted by Crippen LogP contribution is -2.67. The van der Waals surface area contributed by atoms with Gasteiger partial charge in [0.1, 0.15) is 48.8 Å². The lowest BCUT2D eigenvalue weighted by atomic mass is 9.95. The second kappa shape index (κ2) is 26.4. The summed E-state index contributed by atoms with van der Waals surface area (Å²) in [6.45, 7) is 10.7. The van der Waals surface area contributed by atoms with Crippen molar-refractivity contribution in [2.45, 2.75) is 166 Å². The van der Waals surface area contributed by atoms with Crippen LogP contribution in [0.2, 0.25) is 0 Å². The van der Waals surface area contributed by atoms with Crippen molar-refractivity contribution < 1.29 is 93.0 Å². The van der Waals surface area contributed by atoms with Crippen molar-refractivity contribution in [1.29, 1.82) is 0 Å². The fraction of sp³-hybridized carbons (Fsp3) is 1.00. The zero-order chi connectivity index (χ0) is 41.2. The Hall–Kier alpha value is -0.760. The Morgan fingerprint density at radius 1 is 0.345 bits per heavy atom.